The maximum Gasteiger partial charge on any atom is 0.322 e. The van der Waals surface area contributed by atoms with Crippen molar-refractivity contribution in [3.63, 3.8) is 0 Å². The van der Waals surface area contributed by atoms with E-state index in [0.29, 0.717) is 19.1 Å². The maximum atomic E-state index is 12.0. The molecule has 0 spiro atoms. The lowest BCUT2D eigenvalue weighted by atomic mass is 10.1. The van der Waals surface area contributed by atoms with Gasteiger partial charge in [-0.3, -0.25) is 10.1 Å². The van der Waals surface area contributed by atoms with E-state index in [-0.39, 0.29) is 24.4 Å². The standard InChI is InChI=1S/C16H19N3O4/c1-2-21-12-7-5-11(6-8-12)10-14(20)17-16-19-18-15(23-16)13-4-3-9-22-13/h5-8,13H,2-4,9-10H2,1H3,(H,17,19,20). The third-order valence-corrected chi connectivity index (χ3v) is 3.49. The second kappa shape index (κ2) is 7.23. The van der Waals surface area contributed by atoms with Crippen molar-refractivity contribution < 1.29 is 18.7 Å². The van der Waals surface area contributed by atoms with Crippen molar-refractivity contribution in [2.24, 2.45) is 0 Å². The largest absolute Gasteiger partial charge is 0.494 e. The molecule has 0 aliphatic carbocycles. The molecule has 0 bridgehead atoms. The second-order valence-electron chi connectivity index (χ2n) is 5.25. The van der Waals surface area contributed by atoms with Gasteiger partial charge < -0.3 is 13.9 Å². The average molecular weight is 317 g/mol. The van der Waals surface area contributed by atoms with Crippen LogP contribution in [0.2, 0.25) is 0 Å². The fourth-order valence-electron chi connectivity index (χ4n) is 2.41. The van der Waals surface area contributed by atoms with Gasteiger partial charge in [-0.1, -0.05) is 17.2 Å². The molecular formula is C16H19N3O4. The summed E-state index contributed by atoms with van der Waals surface area (Å²) in [6, 6.07) is 7.50. The van der Waals surface area contributed by atoms with Gasteiger partial charge in [0.2, 0.25) is 11.8 Å². The fraction of sp³-hybridized carbons (Fsp3) is 0.438. The number of aromatic nitrogens is 2. The Hall–Kier alpha value is -2.41. The molecule has 2 aromatic rings. The van der Waals surface area contributed by atoms with Crippen LogP contribution in [0.4, 0.5) is 6.01 Å². The molecule has 3 rings (SSSR count). The van der Waals surface area contributed by atoms with Crippen LogP contribution in [0.25, 0.3) is 0 Å². The number of hydrogen-bond acceptors (Lipinski definition) is 6. The molecule has 1 fully saturated rings. The Morgan fingerprint density at radius 1 is 1.35 bits per heavy atom. The molecule has 1 saturated heterocycles. The van der Waals surface area contributed by atoms with Crippen molar-refractivity contribution in [2.75, 3.05) is 18.5 Å². The normalized spacial score (nSPS) is 17.2. The Balaban J connectivity index is 1.54. The number of nitrogens with zero attached hydrogens (tertiary/aromatic N) is 2. The number of benzene rings is 1. The third-order valence-electron chi connectivity index (χ3n) is 3.49. The van der Waals surface area contributed by atoms with E-state index < -0.39 is 0 Å². The van der Waals surface area contributed by atoms with Crippen molar-refractivity contribution in [1.29, 1.82) is 0 Å². The highest BCUT2D eigenvalue weighted by Crippen LogP contribution is 2.28. The van der Waals surface area contributed by atoms with Gasteiger partial charge in [0, 0.05) is 6.61 Å². The lowest BCUT2D eigenvalue weighted by Gasteiger charge is -2.05. The molecule has 1 aromatic heterocycles. The topological polar surface area (TPSA) is 86.5 Å². The van der Waals surface area contributed by atoms with Crippen LogP contribution in [-0.2, 0) is 16.0 Å². The van der Waals surface area contributed by atoms with E-state index in [4.69, 9.17) is 13.9 Å². The Bertz CT molecular complexity index is 648. The lowest BCUT2D eigenvalue weighted by molar-refractivity contribution is -0.115. The van der Waals surface area contributed by atoms with Crippen LogP contribution in [0.3, 0.4) is 0 Å². The molecule has 1 aromatic carbocycles. The van der Waals surface area contributed by atoms with Crippen LogP contribution in [-0.4, -0.2) is 29.3 Å². The predicted octanol–water partition coefficient (Wildman–Crippen LogP) is 2.50. The van der Waals surface area contributed by atoms with Crippen LogP contribution in [0.5, 0.6) is 5.75 Å². The van der Waals surface area contributed by atoms with E-state index in [1.807, 2.05) is 31.2 Å². The number of carbonyl (C=O) groups is 1. The van der Waals surface area contributed by atoms with E-state index >= 15 is 0 Å². The molecule has 2 heterocycles. The Morgan fingerprint density at radius 3 is 2.87 bits per heavy atom. The summed E-state index contributed by atoms with van der Waals surface area (Å²) in [4.78, 5) is 12.0. The summed E-state index contributed by atoms with van der Waals surface area (Å²) in [7, 11) is 0. The zero-order valence-electron chi connectivity index (χ0n) is 12.9. The Kier molecular flexibility index (Phi) is 4.87. The molecular weight excluding hydrogens is 298 g/mol. The van der Waals surface area contributed by atoms with E-state index in [0.717, 1.165) is 24.2 Å². The van der Waals surface area contributed by atoms with Crippen LogP contribution >= 0.6 is 0 Å². The first kappa shape index (κ1) is 15.5. The molecule has 1 N–H and O–H groups in total. The first-order valence-corrected chi connectivity index (χ1v) is 7.71. The molecule has 7 heteroatoms. The smallest absolute Gasteiger partial charge is 0.322 e. The Labute approximate surface area is 134 Å². The van der Waals surface area contributed by atoms with E-state index in [1.165, 1.54) is 0 Å². The maximum absolute atomic E-state index is 12.0. The highest BCUT2D eigenvalue weighted by atomic mass is 16.5. The number of amides is 1. The lowest BCUT2D eigenvalue weighted by Crippen LogP contribution is -2.14. The van der Waals surface area contributed by atoms with Crippen LogP contribution in [0.1, 0.15) is 37.3 Å². The summed E-state index contributed by atoms with van der Waals surface area (Å²) < 4.78 is 16.3. The van der Waals surface area contributed by atoms with E-state index in [1.54, 1.807) is 0 Å². The minimum Gasteiger partial charge on any atom is -0.494 e. The molecule has 23 heavy (non-hydrogen) atoms. The van der Waals surface area contributed by atoms with Crippen molar-refractivity contribution in [3.05, 3.63) is 35.7 Å². The average Bonchev–Trinajstić information content (AvgIpc) is 3.20. The summed E-state index contributed by atoms with van der Waals surface area (Å²) in [6.45, 7) is 3.24. The van der Waals surface area contributed by atoms with Crippen LogP contribution in [0, 0.1) is 0 Å². The zero-order chi connectivity index (χ0) is 16.1. The van der Waals surface area contributed by atoms with Crippen LogP contribution < -0.4 is 10.1 Å². The molecule has 1 amide bonds. The van der Waals surface area contributed by atoms with Gasteiger partial charge in [0.15, 0.2) is 0 Å². The van der Waals surface area contributed by atoms with Gasteiger partial charge in [0.05, 0.1) is 13.0 Å². The molecule has 1 aliphatic heterocycles. The SMILES string of the molecule is CCOc1ccc(CC(=O)Nc2nnc(C3CCCO3)o2)cc1. The van der Waals surface area contributed by atoms with Gasteiger partial charge in [0.1, 0.15) is 11.9 Å². The van der Waals surface area contributed by atoms with Crippen molar-refractivity contribution in [1.82, 2.24) is 10.2 Å². The van der Waals surface area contributed by atoms with Crippen LogP contribution in [0.15, 0.2) is 28.7 Å². The molecule has 7 nitrogen and oxygen atoms in total. The zero-order valence-corrected chi connectivity index (χ0v) is 12.9. The van der Waals surface area contributed by atoms with Crippen molar-refractivity contribution >= 4 is 11.9 Å². The minimum absolute atomic E-state index is 0.103. The third kappa shape index (κ3) is 4.07. The summed E-state index contributed by atoms with van der Waals surface area (Å²) >= 11 is 0. The summed E-state index contributed by atoms with van der Waals surface area (Å²) in [5, 5.41) is 10.4. The predicted molar refractivity (Wildman–Crippen MR) is 82.2 cm³/mol. The monoisotopic (exact) mass is 317 g/mol. The molecule has 1 atom stereocenters. The second-order valence-corrected chi connectivity index (χ2v) is 5.25. The first-order chi connectivity index (χ1) is 11.2. The number of nitrogens with one attached hydrogen (secondary N) is 1. The van der Waals surface area contributed by atoms with Gasteiger partial charge in [-0.2, -0.15) is 0 Å². The first-order valence-electron chi connectivity index (χ1n) is 7.71. The number of carbonyl (C=O) groups excluding carboxylic acids is 1. The van der Waals surface area contributed by atoms with E-state index in [9.17, 15) is 4.79 Å². The Morgan fingerprint density at radius 2 is 2.17 bits per heavy atom. The number of rotatable bonds is 6. The highest BCUT2D eigenvalue weighted by molar-refractivity contribution is 5.90. The van der Waals surface area contributed by atoms with Gasteiger partial charge in [-0.05, 0) is 37.5 Å². The molecule has 1 aliphatic rings. The quantitative estimate of drug-likeness (QED) is 0.881. The number of anilines is 1. The number of ether oxygens (including phenoxy) is 2. The minimum atomic E-state index is -0.211. The molecule has 1 unspecified atom stereocenters. The molecule has 0 saturated carbocycles. The van der Waals surface area contributed by atoms with Crippen molar-refractivity contribution in [2.45, 2.75) is 32.3 Å². The van der Waals surface area contributed by atoms with Gasteiger partial charge >= 0.3 is 6.01 Å². The summed E-state index contributed by atoms with van der Waals surface area (Å²) in [6.07, 6.45) is 1.91. The van der Waals surface area contributed by atoms with Gasteiger partial charge in [-0.25, -0.2) is 0 Å². The summed E-state index contributed by atoms with van der Waals surface area (Å²) in [5.74, 6) is 0.991. The highest BCUT2D eigenvalue weighted by Gasteiger charge is 2.24. The molecule has 0 radical (unpaired) electrons. The van der Waals surface area contributed by atoms with Gasteiger partial charge in [-0.15, -0.1) is 5.10 Å². The van der Waals surface area contributed by atoms with Crippen molar-refractivity contribution in [3.8, 4) is 5.75 Å². The fourth-order valence-corrected chi connectivity index (χ4v) is 2.41. The van der Waals surface area contributed by atoms with Gasteiger partial charge in [0.25, 0.3) is 0 Å². The van der Waals surface area contributed by atoms with E-state index in [2.05, 4.69) is 15.5 Å². The molecule has 122 valence electrons. The summed E-state index contributed by atoms with van der Waals surface area (Å²) in [5.41, 5.74) is 0.879. The number of hydrogen-bond donors (Lipinski definition) is 1.